The Labute approximate surface area is 390 Å². The van der Waals surface area contributed by atoms with Crippen LogP contribution in [0.25, 0.3) is 0 Å². The van der Waals surface area contributed by atoms with Crippen molar-refractivity contribution in [1.29, 1.82) is 0 Å². The number of hydrogen-bond donors (Lipinski definition) is 5. The Hall–Kier alpha value is -6.26. The van der Waals surface area contributed by atoms with Gasteiger partial charge in [0.15, 0.2) is 0 Å². The first kappa shape index (κ1) is 53.4. The fourth-order valence-electron chi connectivity index (χ4n) is 6.48. The minimum atomic E-state index is -4.60. The molecule has 0 saturated carbocycles. The fraction of sp³-hybridized carbons (Fsp3) is 0.388. The van der Waals surface area contributed by atoms with Gasteiger partial charge in [-0.05, 0) is 86.4 Å². The molecule has 0 heterocycles. The maximum absolute atomic E-state index is 13.2. The van der Waals surface area contributed by atoms with Crippen molar-refractivity contribution in [2.24, 2.45) is 0 Å². The second-order valence-electron chi connectivity index (χ2n) is 15.7. The van der Waals surface area contributed by atoms with Gasteiger partial charge in [-0.3, -0.25) is 28.5 Å². The van der Waals surface area contributed by atoms with Crippen LogP contribution >= 0.6 is 7.75 Å². The lowest BCUT2D eigenvalue weighted by Gasteiger charge is -2.21. The van der Waals surface area contributed by atoms with E-state index >= 15 is 0 Å². The van der Waals surface area contributed by atoms with E-state index in [-0.39, 0.29) is 70.9 Å². The maximum Gasteiger partial charge on any atom is 0.403 e. The zero-order valence-corrected chi connectivity index (χ0v) is 38.5. The monoisotopic (exact) mass is 946 g/mol. The standard InChI is InChI=1S/C49H60FN4O12P/c1-36(15-14-32-66-67(61,62)54-43(49(60)65-35-39-20-10-4-11-21-39)28-30-46(57)63-33-37-16-6-2-7-17-37)52-45(56)29-27-42(48(59)64-34-38-18-8-3-9-19-38)53-44(55)22-12-5-13-31-51-47(58)40-23-25-41(50)26-24-40/h2-4,6-11,16-21,23-26,36,42-43H,5,12-15,22,27-35H2,1H3,(H,51,58)(H,52,56)(H,53,55)(H2,54,61,62)/t36-,42+,43+/m1/s1. The van der Waals surface area contributed by atoms with Gasteiger partial charge in [-0.25, -0.2) is 18.8 Å². The van der Waals surface area contributed by atoms with E-state index < -0.39 is 61.4 Å². The summed E-state index contributed by atoms with van der Waals surface area (Å²) in [6.07, 6.45) is 1.69. The Bertz CT molecular complexity index is 2200. The summed E-state index contributed by atoms with van der Waals surface area (Å²) in [5.74, 6) is -3.75. The van der Waals surface area contributed by atoms with E-state index in [0.29, 0.717) is 43.4 Å². The quantitative estimate of drug-likeness (QED) is 0.0158. The average molecular weight is 947 g/mol. The molecule has 4 atom stereocenters. The van der Waals surface area contributed by atoms with Crippen molar-refractivity contribution in [2.45, 2.75) is 109 Å². The molecule has 18 heteroatoms. The van der Waals surface area contributed by atoms with Crippen LogP contribution < -0.4 is 21.0 Å². The van der Waals surface area contributed by atoms with Crippen molar-refractivity contribution in [3.05, 3.63) is 143 Å². The van der Waals surface area contributed by atoms with Crippen LogP contribution in [0, 0.1) is 5.82 Å². The van der Waals surface area contributed by atoms with E-state index in [1.807, 2.05) is 12.1 Å². The number of unbranched alkanes of at least 4 members (excludes halogenated alkanes) is 2. The van der Waals surface area contributed by atoms with Crippen molar-refractivity contribution in [2.75, 3.05) is 13.2 Å². The molecule has 0 radical (unpaired) electrons. The number of halogens is 1. The van der Waals surface area contributed by atoms with Gasteiger partial charge in [0, 0.05) is 37.4 Å². The summed E-state index contributed by atoms with van der Waals surface area (Å²) >= 11 is 0. The molecular formula is C49H60FN4O12P. The lowest BCUT2D eigenvalue weighted by molar-refractivity contribution is -0.150. The SMILES string of the molecule is C[C@H](CCCOP(=O)(O)N[C@@H](CCC(=O)OCc1ccccc1)C(=O)OCc1ccccc1)NC(=O)CC[C@H](NC(=O)CCCCCNC(=O)c1ccc(F)cc1)C(=O)OCc1ccccc1. The molecule has 0 spiro atoms. The summed E-state index contributed by atoms with van der Waals surface area (Å²) in [5, 5.41) is 10.6. The highest BCUT2D eigenvalue weighted by Gasteiger charge is 2.31. The highest BCUT2D eigenvalue weighted by atomic mass is 31.2. The van der Waals surface area contributed by atoms with Crippen LogP contribution in [0.15, 0.2) is 115 Å². The Kier molecular flexibility index (Phi) is 23.4. The van der Waals surface area contributed by atoms with Gasteiger partial charge in [-0.2, -0.15) is 0 Å². The first-order chi connectivity index (χ1) is 32.3. The summed E-state index contributed by atoms with van der Waals surface area (Å²) in [5.41, 5.74) is 2.55. The van der Waals surface area contributed by atoms with Crippen LogP contribution in [0.4, 0.5) is 4.39 Å². The zero-order valence-electron chi connectivity index (χ0n) is 37.6. The van der Waals surface area contributed by atoms with Crippen molar-refractivity contribution in [3.63, 3.8) is 0 Å². The number of ether oxygens (including phenoxy) is 3. The number of nitrogens with one attached hydrogen (secondary N) is 4. The van der Waals surface area contributed by atoms with Crippen LogP contribution in [-0.2, 0) is 67.1 Å². The summed E-state index contributed by atoms with van der Waals surface area (Å²) in [6, 6.07) is 29.2. The summed E-state index contributed by atoms with van der Waals surface area (Å²) in [6.45, 7) is 1.76. The van der Waals surface area contributed by atoms with Crippen molar-refractivity contribution < 1.29 is 61.4 Å². The molecule has 4 rings (SSSR count). The lowest BCUT2D eigenvalue weighted by Crippen LogP contribution is -2.43. The molecule has 67 heavy (non-hydrogen) atoms. The normalized spacial score (nSPS) is 13.2. The van der Waals surface area contributed by atoms with Gasteiger partial charge in [-0.15, -0.1) is 0 Å². The predicted octanol–water partition coefficient (Wildman–Crippen LogP) is 6.75. The molecule has 4 aromatic carbocycles. The third kappa shape index (κ3) is 22.2. The molecule has 360 valence electrons. The third-order valence-corrected chi connectivity index (χ3v) is 11.3. The van der Waals surface area contributed by atoms with E-state index in [0.717, 1.165) is 11.1 Å². The Balaban J connectivity index is 1.19. The van der Waals surface area contributed by atoms with Crippen LogP contribution in [0.1, 0.15) is 98.2 Å². The largest absolute Gasteiger partial charge is 0.461 e. The van der Waals surface area contributed by atoms with E-state index in [1.54, 1.807) is 85.8 Å². The van der Waals surface area contributed by atoms with Gasteiger partial charge in [0.05, 0.1) is 6.61 Å². The topological polar surface area (TPSA) is 225 Å². The third-order valence-electron chi connectivity index (χ3n) is 10.1. The molecule has 0 aliphatic heterocycles. The van der Waals surface area contributed by atoms with Crippen LogP contribution in [-0.4, -0.2) is 71.8 Å². The molecule has 5 N–H and O–H groups in total. The molecule has 0 fully saturated rings. The van der Waals surface area contributed by atoms with Crippen LogP contribution in [0.3, 0.4) is 0 Å². The van der Waals surface area contributed by atoms with Crippen molar-refractivity contribution in [3.8, 4) is 0 Å². The second-order valence-corrected chi connectivity index (χ2v) is 17.3. The van der Waals surface area contributed by atoms with Crippen LogP contribution in [0.2, 0.25) is 0 Å². The smallest absolute Gasteiger partial charge is 0.403 e. The van der Waals surface area contributed by atoms with E-state index in [4.69, 9.17) is 18.7 Å². The molecule has 0 aliphatic rings. The zero-order chi connectivity index (χ0) is 48.3. The van der Waals surface area contributed by atoms with Gasteiger partial charge < -0.3 is 35.1 Å². The highest BCUT2D eigenvalue weighted by molar-refractivity contribution is 7.50. The molecule has 0 aliphatic carbocycles. The summed E-state index contributed by atoms with van der Waals surface area (Å²) in [7, 11) is -4.60. The van der Waals surface area contributed by atoms with E-state index in [2.05, 4.69) is 21.0 Å². The minimum absolute atomic E-state index is 0.0232. The Morgan fingerprint density at radius 1 is 0.597 bits per heavy atom. The van der Waals surface area contributed by atoms with Gasteiger partial charge in [0.25, 0.3) is 5.91 Å². The molecular weight excluding hydrogens is 887 g/mol. The van der Waals surface area contributed by atoms with Crippen LogP contribution in [0.5, 0.6) is 0 Å². The van der Waals surface area contributed by atoms with E-state index in [9.17, 15) is 42.6 Å². The number of hydrogen-bond acceptors (Lipinski definition) is 11. The van der Waals surface area contributed by atoms with Crippen molar-refractivity contribution in [1.82, 2.24) is 21.0 Å². The van der Waals surface area contributed by atoms with E-state index in [1.165, 1.54) is 24.3 Å². The number of carbonyl (C=O) groups excluding carboxylic acids is 6. The summed E-state index contributed by atoms with van der Waals surface area (Å²) < 4.78 is 47.7. The minimum Gasteiger partial charge on any atom is -0.461 e. The van der Waals surface area contributed by atoms with Gasteiger partial charge in [0.2, 0.25) is 11.8 Å². The lowest BCUT2D eigenvalue weighted by atomic mass is 10.1. The predicted molar refractivity (Wildman–Crippen MR) is 246 cm³/mol. The van der Waals surface area contributed by atoms with Gasteiger partial charge in [0.1, 0.15) is 37.7 Å². The Morgan fingerprint density at radius 2 is 1.12 bits per heavy atom. The Morgan fingerprint density at radius 3 is 1.70 bits per heavy atom. The first-order valence-corrected chi connectivity index (χ1v) is 23.8. The molecule has 4 aromatic rings. The number of benzene rings is 4. The number of amides is 3. The number of esters is 3. The molecule has 0 aromatic heterocycles. The first-order valence-electron chi connectivity index (χ1n) is 22.2. The maximum atomic E-state index is 13.2. The highest BCUT2D eigenvalue weighted by Crippen LogP contribution is 2.38. The molecule has 16 nitrogen and oxygen atoms in total. The van der Waals surface area contributed by atoms with Gasteiger partial charge in [-0.1, -0.05) is 97.4 Å². The second kappa shape index (κ2) is 29.4. The average Bonchev–Trinajstić information content (AvgIpc) is 3.33. The molecule has 0 bridgehead atoms. The molecule has 3 amide bonds. The number of carbonyl (C=O) groups is 6. The molecule has 1 unspecified atom stereocenters. The summed E-state index contributed by atoms with van der Waals surface area (Å²) in [4.78, 5) is 87.6. The fourth-order valence-corrected chi connectivity index (χ4v) is 7.56. The number of rotatable bonds is 30. The van der Waals surface area contributed by atoms with Gasteiger partial charge >= 0.3 is 25.7 Å². The molecule has 0 saturated heterocycles. The van der Waals surface area contributed by atoms with Crippen molar-refractivity contribution >= 4 is 43.4 Å².